The Hall–Kier alpha value is -3.57. The van der Waals surface area contributed by atoms with Crippen molar-refractivity contribution in [1.82, 2.24) is 4.98 Å². The zero-order valence-electron chi connectivity index (χ0n) is 17.4. The normalized spacial score (nSPS) is 10.2. The monoisotopic (exact) mass is 437 g/mol. The Labute approximate surface area is 185 Å². The molecule has 0 bridgehead atoms. The number of amides is 1. The molecule has 0 radical (unpaired) electrons. The third-order valence-corrected chi connectivity index (χ3v) is 5.06. The van der Waals surface area contributed by atoms with Crippen LogP contribution in [-0.2, 0) is 6.61 Å². The average molecular weight is 438 g/mol. The average Bonchev–Trinajstić information content (AvgIpc) is 3.32. The number of nitrogens with zero attached hydrogens (tertiary/aromatic N) is 3. The fourth-order valence-corrected chi connectivity index (χ4v) is 3.48. The summed E-state index contributed by atoms with van der Waals surface area (Å²) < 4.78 is 16.7. The summed E-state index contributed by atoms with van der Waals surface area (Å²) in [6.45, 7) is 3.06. The molecule has 0 saturated carbocycles. The molecular weight excluding hydrogens is 414 g/mol. The lowest BCUT2D eigenvalue weighted by Crippen LogP contribution is -2.31. The Balaban J connectivity index is 1.81. The molecule has 0 N–H and O–H groups in total. The smallest absolute Gasteiger partial charge is 0.258 e. The van der Waals surface area contributed by atoms with E-state index in [0.717, 1.165) is 11.4 Å². The van der Waals surface area contributed by atoms with Crippen LogP contribution in [0.2, 0.25) is 0 Å². The van der Waals surface area contributed by atoms with Gasteiger partial charge in [0.15, 0.2) is 11.5 Å². The first-order chi connectivity index (χ1) is 15.2. The standard InChI is InChI=1S/C23H23N3O4S/c1-3-29-20-8-6-19(7-9-20)26(12-4-11-24)23(27)17-5-10-21(22(13-17)28-2)30-14-18-15-31-16-25-18/h5-10,13,15-16H,3-4,12,14H2,1-2H3. The number of methoxy groups -OCH3 is 1. The molecule has 1 amide bonds. The van der Waals surface area contributed by atoms with Crippen LogP contribution >= 0.6 is 11.3 Å². The molecule has 160 valence electrons. The van der Waals surface area contributed by atoms with E-state index in [9.17, 15) is 4.79 Å². The van der Waals surface area contributed by atoms with Gasteiger partial charge in [-0.05, 0) is 49.4 Å². The molecule has 0 aliphatic rings. The van der Waals surface area contributed by atoms with E-state index in [1.54, 1.807) is 28.6 Å². The van der Waals surface area contributed by atoms with E-state index in [0.29, 0.717) is 36.0 Å². The molecule has 1 heterocycles. The maximum atomic E-state index is 13.3. The van der Waals surface area contributed by atoms with Gasteiger partial charge in [0.25, 0.3) is 5.91 Å². The van der Waals surface area contributed by atoms with Gasteiger partial charge >= 0.3 is 0 Å². The predicted octanol–water partition coefficient (Wildman–Crippen LogP) is 4.69. The summed E-state index contributed by atoms with van der Waals surface area (Å²) >= 11 is 1.50. The third-order valence-electron chi connectivity index (χ3n) is 4.42. The van der Waals surface area contributed by atoms with Crippen molar-refractivity contribution in [3.05, 3.63) is 64.6 Å². The second-order valence-corrected chi connectivity index (χ2v) is 7.14. The molecule has 3 rings (SSSR count). The fourth-order valence-electron chi connectivity index (χ4n) is 2.93. The summed E-state index contributed by atoms with van der Waals surface area (Å²) in [5.74, 6) is 1.47. The van der Waals surface area contributed by atoms with E-state index in [1.807, 2.05) is 36.6 Å². The van der Waals surface area contributed by atoms with Crippen molar-refractivity contribution in [2.75, 3.05) is 25.2 Å². The van der Waals surface area contributed by atoms with E-state index < -0.39 is 0 Å². The minimum absolute atomic E-state index is 0.213. The van der Waals surface area contributed by atoms with Gasteiger partial charge in [-0.25, -0.2) is 4.98 Å². The lowest BCUT2D eigenvalue weighted by atomic mass is 10.1. The highest BCUT2D eigenvalue weighted by Crippen LogP contribution is 2.30. The van der Waals surface area contributed by atoms with Crippen LogP contribution in [0.4, 0.5) is 5.69 Å². The molecule has 0 spiro atoms. The number of carbonyl (C=O) groups is 1. The van der Waals surface area contributed by atoms with Crippen LogP contribution in [0.25, 0.3) is 0 Å². The van der Waals surface area contributed by atoms with E-state index in [2.05, 4.69) is 11.1 Å². The number of anilines is 1. The van der Waals surface area contributed by atoms with Crippen molar-refractivity contribution in [2.24, 2.45) is 0 Å². The van der Waals surface area contributed by atoms with Crippen molar-refractivity contribution in [3.63, 3.8) is 0 Å². The van der Waals surface area contributed by atoms with Gasteiger partial charge in [-0.2, -0.15) is 5.26 Å². The van der Waals surface area contributed by atoms with Crippen LogP contribution in [0.15, 0.2) is 53.4 Å². The molecule has 1 aromatic heterocycles. The lowest BCUT2D eigenvalue weighted by Gasteiger charge is -2.23. The first-order valence-electron chi connectivity index (χ1n) is 9.75. The van der Waals surface area contributed by atoms with Crippen molar-refractivity contribution < 1.29 is 19.0 Å². The molecule has 0 saturated heterocycles. The maximum Gasteiger partial charge on any atom is 0.258 e. The molecule has 31 heavy (non-hydrogen) atoms. The van der Waals surface area contributed by atoms with Crippen LogP contribution in [0.1, 0.15) is 29.4 Å². The molecule has 8 heteroatoms. The SMILES string of the molecule is CCOc1ccc(N(CCC#N)C(=O)c2ccc(OCc3cscn3)c(OC)c2)cc1. The van der Waals surface area contributed by atoms with Gasteiger partial charge in [0.2, 0.25) is 0 Å². The molecule has 3 aromatic rings. The Kier molecular flexibility index (Phi) is 7.85. The lowest BCUT2D eigenvalue weighted by molar-refractivity contribution is 0.0987. The van der Waals surface area contributed by atoms with Crippen LogP contribution < -0.4 is 19.1 Å². The summed E-state index contributed by atoms with van der Waals surface area (Å²) in [5, 5.41) is 10.9. The Bertz CT molecular complexity index is 1030. The number of benzene rings is 2. The quantitative estimate of drug-likeness (QED) is 0.457. The number of hydrogen-bond acceptors (Lipinski definition) is 7. The maximum absolute atomic E-state index is 13.3. The highest BCUT2D eigenvalue weighted by atomic mass is 32.1. The Morgan fingerprint density at radius 1 is 1.16 bits per heavy atom. The number of thiazole rings is 1. The topological polar surface area (TPSA) is 84.7 Å². The zero-order valence-corrected chi connectivity index (χ0v) is 18.2. The van der Waals surface area contributed by atoms with E-state index in [-0.39, 0.29) is 18.9 Å². The van der Waals surface area contributed by atoms with Gasteiger partial charge < -0.3 is 19.1 Å². The van der Waals surface area contributed by atoms with Crippen LogP contribution in [0.3, 0.4) is 0 Å². The van der Waals surface area contributed by atoms with Gasteiger partial charge in [0.05, 0.1) is 37.4 Å². The van der Waals surface area contributed by atoms with Crippen LogP contribution in [-0.4, -0.2) is 31.2 Å². The van der Waals surface area contributed by atoms with Crippen molar-refractivity contribution in [3.8, 4) is 23.3 Å². The van der Waals surface area contributed by atoms with E-state index in [1.165, 1.54) is 18.4 Å². The molecule has 0 unspecified atom stereocenters. The number of nitriles is 1. The molecule has 2 aromatic carbocycles. The van der Waals surface area contributed by atoms with E-state index in [4.69, 9.17) is 19.5 Å². The number of carbonyl (C=O) groups excluding carboxylic acids is 1. The van der Waals surface area contributed by atoms with Gasteiger partial charge in [-0.15, -0.1) is 11.3 Å². The number of ether oxygens (including phenoxy) is 3. The summed E-state index contributed by atoms with van der Waals surface area (Å²) in [7, 11) is 1.53. The Morgan fingerprint density at radius 3 is 2.61 bits per heavy atom. The second-order valence-electron chi connectivity index (χ2n) is 6.43. The Morgan fingerprint density at radius 2 is 1.97 bits per heavy atom. The zero-order chi connectivity index (χ0) is 22.1. The summed E-state index contributed by atoms with van der Waals surface area (Å²) in [6.07, 6.45) is 0.213. The van der Waals surface area contributed by atoms with Crippen LogP contribution in [0.5, 0.6) is 17.2 Å². The van der Waals surface area contributed by atoms with E-state index >= 15 is 0 Å². The number of rotatable bonds is 10. The molecule has 0 aliphatic heterocycles. The number of aromatic nitrogens is 1. The predicted molar refractivity (Wildman–Crippen MR) is 119 cm³/mol. The fraction of sp³-hybridized carbons (Fsp3) is 0.261. The van der Waals surface area contributed by atoms with Crippen molar-refractivity contribution in [2.45, 2.75) is 20.0 Å². The molecule has 7 nitrogen and oxygen atoms in total. The largest absolute Gasteiger partial charge is 0.494 e. The minimum atomic E-state index is -0.233. The molecule has 0 atom stereocenters. The summed E-state index contributed by atoms with van der Waals surface area (Å²) in [6, 6.07) is 14.4. The highest BCUT2D eigenvalue weighted by Gasteiger charge is 2.20. The minimum Gasteiger partial charge on any atom is -0.494 e. The molecule has 0 aliphatic carbocycles. The second kappa shape index (κ2) is 11.0. The first-order valence-corrected chi connectivity index (χ1v) is 10.7. The third kappa shape index (κ3) is 5.74. The summed E-state index contributed by atoms with van der Waals surface area (Å²) in [5.41, 5.74) is 3.69. The molecule has 0 fully saturated rings. The first kappa shape index (κ1) is 22.1. The van der Waals surface area contributed by atoms with Crippen molar-refractivity contribution >= 4 is 22.9 Å². The van der Waals surface area contributed by atoms with Crippen LogP contribution in [0, 0.1) is 11.3 Å². The molecular formula is C23H23N3O4S. The van der Waals surface area contributed by atoms with Gasteiger partial charge in [0.1, 0.15) is 12.4 Å². The van der Waals surface area contributed by atoms with Gasteiger partial charge in [0, 0.05) is 23.2 Å². The summed E-state index contributed by atoms with van der Waals surface area (Å²) in [4.78, 5) is 19.0. The number of hydrogen-bond donors (Lipinski definition) is 0. The highest BCUT2D eigenvalue weighted by molar-refractivity contribution is 7.07. The van der Waals surface area contributed by atoms with Gasteiger partial charge in [-0.1, -0.05) is 0 Å². The van der Waals surface area contributed by atoms with Gasteiger partial charge in [-0.3, -0.25) is 4.79 Å². The van der Waals surface area contributed by atoms with Crippen molar-refractivity contribution in [1.29, 1.82) is 5.26 Å².